The van der Waals surface area contributed by atoms with Crippen molar-refractivity contribution in [1.82, 2.24) is 15.0 Å². The minimum Gasteiger partial charge on any atom is -0.496 e. The Kier molecular flexibility index (Phi) is 7.20. The molecule has 0 radical (unpaired) electrons. The molecule has 1 aromatic carbocycles. The lowest BCUT2D eigenvalue weighted by Gasteiger charge is -2.30. The van der Waals surface area contributed by atoms with Crippen LogP contribution in [0.3, 0.4) is 0 Å². The number of carbonyl (C=O) groups is 2. The first-order valence-corrected chi connectivity index (χ1v) is 9.52. The number of methoxy groups -OCH3 is 1. The smallest absolute Gasteiger partial charge is 0.258 e. The van der Waals surface area contributed by atoms with Gasteiger partial charge in [0.25, 0.3) is 5.91 Å². The van der Waals surface area contributed by atoms with Gasteiger partial charge in [-0.25, -0.2) is 0 Å². The van der Waals surface area contributed by atoms with Crippen molar-refractivity contribution in [3.05, 3.63) is 41.7 Å². The van der Waals surface area contributed by atoms with E-state index in [-0.39, 0.29) is 18.4 Å². The van der Waals surface area contributed by atoms with Gasteiger partial charge in [-0.15, -0.1) is 0 Å². The number of hydrogen-bond acceptors (Lipinski definition) is 7. The first-order valence-electron chi connectivity index (χ1n) is 9.52. The Hall–Kier alpha value is -2.91. The average molecular weight is 402 g/mol. The summed E-state index contributed by atoms with van der Waals surface area (Å²) in [7, 11) is 1.52. The molecule has 1 aliphatic rings. The highest BCUT2D eigenvalue weighted by molar-refractivity contribution is 6.00. The number of aromatic nitrogens is 1. The molecule has 1 N–H and O–H groups in total. The van der Waals surface area contributed by atoms with Gasteiger partial charge in [0.1, 0.15) is 18.1 Å². The van der Waals surface area contributed by atoms with Gasteiger partial charge in [0.2, 0.25) is 5.91 Å². The number of nitrogens with one attached hydrogen (secondary N) is 1. The molecule has 1 fully saturated rings. The minimum atomic E-state index is -0.344. The number of hydrogen-bond donors (Lipinski definition) is 1. The Balaban J connectivity index is 1.71. The Bertz CT molecular complexity index is 832. The summed E-state index contributed by atoms with van der Waals surface area (Å²) in [4.78, 5) is 29.4. The highest BCUT2D eigenvalue weighted by Crippen LogP contribution is 2.19. The third-order valence-electron chi connectivity index (χ3n) is 4.64. The lowest BCUT2D eigenvalue weighted by molar-refractivity contribution is -0.117. The van der Waals surface area contributed by atoms with Crippen molar-refractivity contribution in [2.45, 2.75) is 6.92 Å². The Morgan fingerprint density at radius 2 is 2.03 bits per heavy atom. The molecule has 0 spiro atoms. The van der Waals surface area contributed by atoms with Crippen LogP contribution in [0.15, 0.2) is 34.9 Å². The van der Waals surface area contributed by atoms with Gasteiger partial charge in [0.05, 0.1) is 25.9 Å². The molecule has 2 aromatic rings. The summed E-state index contributed by atoms with van der Waals surface area (Å²) in [5.41, 5.74) is 0.419. The normalized spacial score (nSPS) is 14.4. The minimum absolute atomic E-state index is 0.104. The lowest BCUT2D eigenvalue weighted by Crippen LogP contribution is -2.45. The molecule has 0 bridgehead atoms. The molecule has 9 nitrogen and oxygen atoms in total. The maximum atomic E-state index is 13.2. The number of ether oxygens (including phenoxy) is 2. The van der Waals surface area contributed by atoms with Gasteiger partial charge in [0.15, 0.2) is 5.82 Å². The monoisotopic (exact) mass is 402 g/mol. The van der Waals surface area contributed by atoms with E-state index in [1.54, 1.807) is 37.3 Å². The number of amides is 2. The highest BCUT2D eigenvalue weighted by Gasteiger charge is 2.23. The van der Waals surface area contributed by atoms with E-state index in [0.29, 0.717) is 49.2 Å². The fourth-order valence-corrected chi connectivity index (χ4v) is 3.11. The second kappa shape index (κ2) is 10.0. The molecule has 1 aliphatic heterocycles. The van der Waals surface area contributed by atoms with Gasteiger partial charge in [-0.2, -0.15) is 0 Å². The molecule has 3 rings (SSSR count). The van der Waals surface area contributed by atoms with Crippen LogP contribution in [-0.2, 0) is 9.53 Å². The number of benzene rings is 1. The van der Waals surface area contributed by atoms with Crippen LogP contribution in [0.4, 0.5) is 5.82 Å². The highest BCUT2D eigenvalue weighted by atomic mass is 16.5. The van der Waals surface area contributed by atoms with Gasteiger partial charge < -0.3 is 24.2 Å². The van der Waals surface area contributed by atoms with E-state index in [1.807, 2.05) is 0 Å². The van der Waals surface area contributed by atoms with Crippen molar-refractivity contribution < 1.29 is 23.6 Å². The zero-order valence-corrected chi connectivity index (χ0v) is 16.7. The summed E-state index contributed by atoms with van der Waals surface area (Å²) in [6, 6.07) is 8.62. The van der Waals surface area contributed by atoms with E-state index in [2.05, 4.69) is 15.4 Å². The summed E-state index contributed by atoms with van der Waals surface area (Å²) in [6.07, 6.45) is 0. The number of para-hydroxylation sites is 1. The number of rotatable bonds is 8. The second-order valence-electron chi connectivity index (χ2n) is 6.75. The summed E-state index contributed by atoms with van der Waals surface area (Å²) in [5, 5.41) is 6.42. The number of anilines is 1. The van der Waals surface area contributed by atoms with E-state index in [1.165, 1.54) is 12.0 Å². The van der Waals surface area contributed by atoms with E-state index < -0.39 is 0 Å². The largest absolute Gasteiger partial charge is 0.496 e. The first kappa shape index (κ1) is 20.8. The molecule has 9 heteroatoms. The fraction of sp³-hybridized carbons (Fsp3) is 0.450. The number of carbonyl (C=O) groups excluding carboxylic acids is 2. The van der Waals surface area contributed by atoms with Crippen LogP contribution in [0.2, 0.25) is 0 Å². The van der Waals surface area contributed by atoms with Crippen LogP contribution < -0.4 is 10.1 Å². The number of morpholine rings is 1. The van der Waals surface area contributed by atoms with Gasteiger partial charge in [-0.05, 0) is 19.1 Å². The quantitative estimate of drug-likeness (QED) is 0.713. The maximum Gasteiger partial charge on any atom is 0.258 e. The van der Waals surface area contributed by atoms with E-state index in [0.717, 1.165) is 13.1 Å². The van der Waals surface area contributed by atoms with Crippen LogP contribution in [0.5, 0.6) is 5.75 Å². The average Bonchev–Trinajstić information content (AvgIpc) is 3.15. The molecular weight excluding hydrogens is 376 g/mol. The molecule has 2 amide bonds. The van der Waals surface area contributed by atoms with Crippen LogP contribution in [0.25, 0.3) is 0 Å². The summed E-state index contributed by atoms with van der Waals surface area (Å²) >= 11 is 0. The maximum absolute atomic E-state index is 13.2. The molecule has 0 saturated carbocycles. The number of aryl methyl sites for hydroxylation is 1. The standard InChI is InChI=1S/C20H26N4O5/c1-15-13-18(22-29-15)21-19(25)14-24(8-7-23-9-11-28-12-10-23)20(26)16-5-3-4-6-17(16)27-2/h3-6,13H,7-12,14H2,1-2H3,(H,21,22,25). The fourth-order valence-electron chi connectivity index (χ4n) is 3.11. The molecule has 1 saturated heterocycles. The summed E-state index contributed by atoms with van der Waals surface area (Å²) in [6.45, 7) is 5.65. The van der Waals surface area contributed by atoms with Gasteiger partial charge >= 0.3 is 0 Å². The topological polar surface area (TPSA) is 97.1 Å². The zero-order valence-electron chi connectivity index (χ0n) is 16.7. The Labute approximate surface area is 169 Å². The van der Waals surface area contributed by atoms with Crippen LogP contribution >= 0.6 is 0 Å². The summed E-state index contributed by atoms with van der Waals surface area (Å²) < 4.78 is 15.6. The molecule has 1 aromatic heterocycles. The van der Waals surface area contributed by atoms with Gasteiger partial charge in [-0.3, -0.25) is 14.5 Å². The molecule has 29 heavy (non-hydrogen) atoms. The molecule has 0 unspecified atom stereocenters. The van der Waals surface area contributed by atoms with Crippen molar-refractivity contribution >= 4 is 17.6 Å². The van der Waals surface area contributed by atoms with Gasteiger partial charge in [-0.1, -0.05) is 17.3 Å². The van der Waals surface area contributed by atoms with Crippen molar-refractivity contribution in [2.24, 2.45) is 0 Å². The van der Waals surface area contributed by atoms with Crippen molar-refractivity contribution in [1.29, 1.82) is 0 Å². The second-order valence-corrected chi connectivity index (χ2v) is 6.75. The number of nitrogens with zero attached hydrogens (tertiary/aromatic N) is 3. The van der Waals surface area contributed by atoms with Gasteiger partial charge in [0, 0.05) is 32.2 Å². The van der Waals surface area contributed by atoms with Crippen molar-refractivity contribution in [2.75, 3.05) is 58.4 Å². The van der Waals surface area contributed by atoms with Crippen LogP contribution in [-0.4, -0.2) is 79.8 Å². The molecule has 156 valence electrons. The third-order valence-corrected chi connectivity index (χ3v) is 4.64. The first-order chi connectivity index (χ1) is 14.1. The van der Waals surface area contributed by atoms with Crippen LogP contribution in [0, 0.1) is 6.92 Å². The third kappa shape index (κ3) is 5.78. The molecule has 0 atom stereocenters. The summed E-state index contributed by atoms with van der Waals surface area (Å²) in [5.74, 6) is 0.784. The Morgan fingerprint density at radius 1 is 1.28 bits per heavy atom. The van der Waals surface area contributed by atoms with Crippen molar-refractivity contribution in [3.63, 3.8) is 0 Å². The van der Waals surface area contributed by atoms with E-state index >= 15 is 0 Å². The lowest BCUT2D eigenvalue weighted by atomic mass is 10.1. The predicted molar refractivity (Wildman–Crippen MR) is 106 cm³/mol. The van der Waals surface area contributed by atoms with E-state index in [9.17, 15) is 9.59 Å². The molecular formula is C20H26N4O5. The molecule has 0 aliphatic carbocycles. The Morgan fingerprint density at radius 3 is 2.72 bits per heavy atom. The van der Waals surface area contributed by atoms with E-state index in [4.69, 9.17) is 14.0 Å². The zero-order chi connectivity index (χ0) is 20.6. The van der Waals surface area contributed by atoms with Crippen LogP contribution in [0.1, 0.15) is 16.1 Å². The van der Waals surface area contributed by atoms with Crippen molar-refractivity contribution in [3.8, 4) is 5.75 Å². The molecule has 2 heterocycles. The predicted octanol–water partition coefficient (Wildman–Crippen LogP) is 1.40. The SMILES string of the molecule is COc1ccccc1C(=O)N(CCN1CCOCC1)CC(=O)Nc1cc(C)on1.